The number of hydrogen-bond acceptors (Lipinski definition) is 0. The average Bonchev–Trinajstić information content (AvgIpc) is 1.68. The van der Waals surface area contributed by atoms with E-state index in [1.807, 2.05) is 0 Å². The third-order valence-electron chi connectivity index (χ3n) is 1.36. The van der Waals surface area contributed by atoms with E-state index in [1.54, 1.807) is 0 Å². The molecule has 42 valence electrons. The van der Waals surface area contributed by atoms with Crippen LogP contribution in [-0.4, -0.2) is 22.5 Å². The van der Waals surface area contributed by atoms with E-state index < -0.39 is 0 Å². The molecular formula is C6H14Sn. The molecule has 0 heterocycles. The molecule has 0 aromatic rings. The van der Waals surface area contributed by atoms with Crippen LogP contribution in [0.5, 0.6) is 0 Å². The van der Waals surface area contributed by atoms with Gasteiger partial charge in [0.2, 0.25) is 0 Å². The average molecular weight is 205 g/mol. The number of hydrogen-bond donors (Lipinski definition) is 0. The molecule has 0 aliphatic carbocycles. The van der Waals surface area contributed by atoms with Gasteiger partial charge in [-0.2, -0.15) is 0 Å². The van der Waals surface area contributed by atoms with Crippen LogP contribution in [0.15, 0.2) is 0 Å². The fourth-order valence-electron chi connectivity index (χ4n) is 0.489. The first kappa shape index (κ1) is 7.80. The molecule has 7 heavy (non-hydrogen) atoms. The minimum atomic E-state index is 0.982. The summed E-state index contributed by atoms with van der Waals surface area (Å²) in [5.74, 6) is 0.982. The normalized spacial score (nSPS) is 14.1. The van der Waals surface area contributed by atoms with E-state index in [2.05, 4.69) is 13.8 Å². The molecule has 0 aromatic carbocycles. The Morgan fingerprint density at radius 2 is 2.14 bits per heavy atom. The quantitative estimate of drug-likeness (QED) is 0.615. The van der Waals surface area contributed by atoms with E-state index in [1.165, 1.54) is 39.8 Å². The van der Waals surface area contributed by atoms with Gasteiger partial charge in [-0.25, -0.2) is 0 Å². The molecule has 1 unspecified atom stereocenters. The maximum atomic E-state index is 2.33. The van der Waals surface area contributed by atoms with Gasteiger partial charge in [-0.05, 0) is 0 Å². The Balaban J connectivity index is 2.83. The molecule has 1 atom stereocenters. The van der Waals surface area contributed by atoms with Crippen LogP contribution in [0.25, 0.3) is 0 Å². The van der Waals surface area contributed by atoms with E-state index in [9.17, 15) is 0 Å². The van der Waals surface area contributed by atoms with Gasteiger partial charge >= 0.3 is 59.6 Å². The molecule has 0 rings (SSSR count). The van der Waals surface area contributed by atoms with Gasteiger partial charge in [-0.3, -0.25) is 0 Å². The summed E-state index contributed by atoms with van der Waals surface area (Å²) < 4.78 is 1.47. The van der Waals surface area contributed by atoms with Gasteiger partial charge in [0.25, 0.3) is 0 Å². The zero-order chi connectivity index (χ0) is 5.70. The molecule has 0 saturated carbocycles. The van der Waals surface area contributed by atoms with E-state index in [4.69, 9.17) is 0 Å². The summed E-state index contributed by atoms with van der Waals surface area (Å²) in [5, 5.41) is 0. The fourth-order valence-corrected chi connectivity index (χ4v) is 2.11. The Morgan fingerprint density at radius 3 is 2.29 bits per heavy atom. The maximum absolute atomic E-state index is 2.33. The van der Waals surface area contributed by atoms with Crippen LogP contribution in [0.1, 0.15) is 26.7 Å². The Bertz CT molecular complexity index is 35.2. The molecular weight excluding hydrogens is 191 g/mol. The van der Waals surface area contributed by atoms with Crippen LogP contribution in [0, 0.1) is 5.92 Å². The Morgan fingerprint density at radius 1 is 1.57 bits per heavy atom. The Kier molecular flexibility index (Phi) is 5.51. The van der Waals surface area contributed by atoms with Crippen molar-refractivity contribution in [2.45, 2.75) is 31.1 Å². The van der Waals surface area contributed by atoms with E-state index in [-0.39, 0.29) is 0 Å². The van der Waals surface area contributed by atoms with Gasteiger partial charge in [0.1, 0.15) is 0 Å². The van der Waals surface area contributed by atoms with Gasteiger partial charge in [-0.15, -0.1) is 0 Å². The monoisotopic (exact) mass is 206 g/mol. The summed E-state index contributed by atoms with van der Waals surface area (Å²) in [5.41, 5.74) is 0. The van der Waals surface area contributed by atoms with Crippen LogP contribution < -0.4 is 0 Å². The number of rotatable bonds is 3. The predicted molar refractivity (Wildman–Crippen MR) is 36.0 cm³/mol. The minimum absolute atomic E-state index is 0.982. The van der Waals surface area contributed by atoms with Gasteiger partial charge in [0, 0.05) is 0 Å². The van der Waals surface area contributed by atoms with Crippen molar-refractivity contribution in [2.75, 3.05) is 0 Å². The van der Waals surface area contributed by atoms with Crippen LogP contribution in [0.2, 0.25) is 4.44 Å². The van der Waals surface area contributed by atoms with Crippen LogP contribution in [0.3, 0.4) is 0 Å². The summed E-state index contributed by atoms with van der Waals surface area (Å²) >= 11 is 1.45. The molecule has 0 spiro atoms. The standard InChI is InChI=1S/C6H13.Sn.H/c1-4-6(3)5-2;;/h6H,1,4-5H2,2-3H3;;. The third-order valence-corrected chi connectivity index (χ3v) is 2.31. The molecule has 0 aliphatic heterocycles. The second-order valence-electron chi connectivity index (χ2n) is 2.09. The van der Waals surface area contributed by atoms with Gasteiger partial charge in [0.05, 0.1) is 0 Å². The molecule has 0 aromatic heterocycles. The zero-order valence-electron chi connectivity index (χ0n) is 5.28. The molecule has 1 heteroatoms. The van der Waals surface area contributed by atoms with E-state index >= 15 is 0 Å². The van der Waals surface area contributed by atoms with Gasteiger partial charge in [-0.1, -0.05) is 0 Å². The summed E-state index contributed by atoms with van der Waals surface area (Å²) in [6.07, 6.45) is 2.82. The van der Waals surface area contributed by atoms with Crippen molar-refractivity contribution < 1.29 is 0 Å². The first-order chi connectivity index (χ1) is 3.31. The molecule has 0 nitrogen and oxygen atoms in total. The van der Waals surface area contributed by atoms with Crippen molar-refractivity contribution >= 4 is 22.5 Å². The summed E-state index contributed by atoms with van der Waals surface area (Å²) in [4.78, 5) is 0. The van der Waals surface area contributed by atoms with Gasteiger partial charge in [0.15, 0.2) is 0 Å². The molecule has 0 fully saturated rings. The van der Waals surface area contributed by atoms with Crippen molar-refractivity contribution in [3.63, 3.8) is 0 Å². The van der Waals surface area contributed by atoms with Crippen molar-refractivity contribution in [1.29, 1.82) is 0 Å². The molecule has 0 aliphatic rings. The van der Waals surface area contributed by atoms with Crippen LogP contribution >= 0.6 is 0 Å². The topological polar surface area (TPSA) is 0 Å². The second-order valence-corrected chi connectivity index (χ2v) is 3.74. The Labute approximate surface area is 59.8 Å². The fraction of sp³-hybridized carbons (Fsp3) is 1.00. The van der Waals surface area contributed by atoms with Crippen LogP contribution in [0.4, 0.5) is 0 Å². The van der Waals surface area contributed by atoms with Gasteiger partial charge < -0.3 is 0 Å². The van der Waals surface area contributed by atoms with Crippen molar-refractivity contribution in [1.82, 2.24) is 0 Å². The first-order valence-electron chi connectivity index (χ1n) is 3.01. The molecule has 0 saturated heterocycles. The Hall–Kier alpha value is 0.799. The summed E-state index contributed by atoms with van der Waals surface area (Å²) in [6, 6.07) is 0. The summed E-state index contributed by atoms with van der Waals surface area (Å²) in [6.45, 7) is 4.59. The summed E-state index contributed by atoms with van der Waals surface area (Å²) in [7, 11) is 0. The SMILES string of the molecule is CCC(C)C[CH2][SnH]. The predicted octanol–water partition coefficient (Wildman–Crippen LogP) is 1.74. The van der Waals surface area contributed by atoms with Crippen molar-refractivity contribution in [3.8, 4) is 0 Å². The molecule has 0 bridgehead atoms. The van der Waals surface area contributed by atoms with Crippen molar-refractivity contribution in [3.05, 3.63) is 0 Å². The second kappa shape index (κ2) is 4.95. The zero-order valence-corrected chi connectivity index (χ0v) is 8.57. The van der Waals surface area contributed by atoms with Crippen LogP contribution in [-0.2, 0) is 0 Å². The van der Waals surface area contributed by atoms with E-state index in [0.29, 0.717) is 0 Å². The third kappa shape index (κ3) is 4.66. The molecule has 2 radical (unpaired) electrons. The molecule has 0 N–H and O–H groups in total. The molecule has 0 amide bonds. The van der Waals surface area contributed by atoms with E-state index in [0.717, 1.165) is 5.92 Å². The first-order valence-corrected chi connectivity index (χ1v) is 5.34. The van der Waals surface area contributed by atoms with Crippen molar-refractivity contribution in [2.24, 2.45) is 5.92 Å².